The Morgan fingerprint density at radius 3 is 2.27 bits per heavy atom. The van der Waals surface area contributed by atoms with Gasteiger partial charge in [-0.25, -0.2) is 19.1 Å². The average Bonchev–Trinajstić information content (AvgIpc) is 2.94. The fourth-order valence-corrected chi connectivity index (χ4v) is 3.81. The Morgan fingerprint density at radius 1 is 1.00 bits per heavy atom. The number of hydrogen-bond acceptors (Lipinski definition) is 8. The Kier molecular flexibility index (Phi) is 8.55. The van der Waals surface area contributed by atoms with Crippen LogP contribution >= 0.6 is 0 Å². The number of halogens is 3. The number of rotatable bonds is 9. The second-order valence-corrected chi connectivity index (χ2v) is 9.24. The molecule has 0 spiro atoms. The molecule has 0 saturated heterocycles. The van der Waals surface area contributed by atoms with E-state index in [4.69, 9.17) is 9.47 Å². The van der Waals surface area contributed by atoms with Crippen molar-refractivity contribution >= 4 is 17.6 Å². The highest BCUT2D eigenvalue weighted by atomic mass is 19.4. The SMILES string of the molecule is COC(=O)[C@@H](C)Cn1c(=O)nc(Nc2ccc(Oc3ccc(C(F)(F)F)cn3)cc2)n(Cc2ccc(C)cc2)c1=O. The monoisotopic (exact) mass is 569 g/mol. The molecule has 0 unspecified atom stereocenters. The van der Waals surface area contributed by atoms with Crippen molar-refractivity contribution in [2.45, 2.75) is 33.1 Å². The maximum Gasteiger partial charge on any atom is 0.417 e. The molecule has 0 aliphatic heterocycles. The third-order valence-electron chi connectivity index (χ3n) is 6.07. The molecule has 0 saturated carbocycles. The molecule has 0 fully saturated rings. The molecule has 1 atom stereocenters. The van der Waals surface area contributed by atoms with Gasteiger partial charge < -0.3 is 14.8 Å². The van der Waals surface area contributed by atoms with Crippen LogP contribution in [0.3, 0.4) is 0 Å². The van der Waals surface area contributed by atoms with Gasteiger partial charge in [-0.05, 0) is 42.8 Å². The van der Waals surface area contributed by atoms with Gasteiger partial charge in [0.15, 0.2) is 0 Å². The summed E-state index contributed by atoms with van der Waals surface area (Å²) in [6.07, 6.45) is -3.83. The fourth-order valence-electron chi connectivity index (χ4n) is 3.81. The molecule has 0 radical (unpaired) electrons. The minimum Gasteiger partial charge on any atom is -0.469 e. The van der Waals surface area contributed by atoms with Crippen LogP contribution in [-0.4, -0.2) is 32.2 Å². The van der Waals surface area contributed by atoms with Gasteiger partial charge in [0.05, 0.1) is 25.1 Å². The zero-order valence-corrected chi connectivity index (χ0v) is 22.3. The number of carbonyl (C=O) groups excluding carboxylic acids is 1. The highest BCUT2D eigenvalue weighted by Crippen LogP contribution is 2.30. The lowest BCUT2D eigenvalue weighted by Gasteiger charge is -2.17. The summed E-state index contributed by atoms with van der Waals surface area (Å²) < 4.78 is 50.7. The second kappa shape index (κ2) is 12.1. The number of aromatic nitrogens is 4. The molecule has 4 aromatic rings. The maximum absolute atomic E-state index is 13.5. The van der Waals surface area contributed by atoms with Crippen molar-refractivity contribution in [2.75, 3.05) is 12.4 Å². The van der Waals surface area contributed by atoms with Crippen molar-refractivity contribution in [3.63, 3.8) is 0 Å². The predicted octanol–water partition coefficient (Wildman–Crippen LogP) is 4.52. The molecule has 13 heteroatoms. The summed E-state index contributed by atoms with van der Waals surface area (Å²) in [6, 6.07) is 15.7. The summed E-state index contributed by atoms with van der Waals surface area (Å²) in [5.41, 5.74) is -0.152. The van der Waals surface area contributed by atoms with Crippen molar-refractivity contribution in [3.8, 4) is 11.6 Å². The van der Waals surface area contributed by atoms with E-state index < -0.39 is 35.0 Å². The van der Waals surface area contributed by atoms with E-state index in [0.717, 1.165) is 27.8 Å². The molecule has 2 heterocycles. The number of nitrogens with one attached hydrogen (secondary N) is 1. The van der Waals surface area contributed by atoms with Gasteiger partial charge in [-0.1, -0.05) is 36.8 Å². The zero-order valence-electron chi connectivity index (χ0n) is 22.3. The molecular formula is C28H26F3N5O5. The van der Waals surface area contributed by atoms with E-state index in [1.165, 1.54) is 30.7 Å². The zero-order chi connectivity index (χ0) is 29.7. The van der Waals surface area contributed by atoms with E-state index in [9.17, 15) is 27.6 Å². The lowest BCUT2D eigenvalue weighted by atomic mass is 10.1. The molecule has 10 nitrogen and oxygen atoms in total. The number of esters is 1. The van der Waals surface area contributed by atoms with E-state index in [1.54, 1.807) is 12.1 Å². The van der Waals surface area contributed by atoms with Gasteiger partial charge in [0.2, 0.25) is 11.8 Å². The van der Waals surface area contributed by atoms with E-state index in [1.807, 2.05) is 31.2 Å². The summed E-state index contributed by atoms with van der Waals surface area (Å²) in [4.78, 5) is 46.0. The number of anilines is 2. The van der Waals surface area contributed by atoms with Crippen LogP contribution in [0.2, 0.25) is 0 Å². The highest BCUT2D eigenvalue weighted by Gasteiger charge is 2.30. The summed E-state index contributed by atoms with van der Waals surface area (Å²) in [5.74, 6) is -1.10. The molecule has 0 bridgehead atoms. The molecule has 0 amide bonds. The number of pyridine rings is 1. The largest absolute Gasteiger partial charge is 0.469 e. The van der Waals surface area contributed by atoms with Crippen molar-refractivity contribution in [2.24, 2.45) is 5.92 Å². The summed E-state index contributed by atoms with van der Waals surface area (Å²) in [5, 5.41) is 2.97. The summed E-state index contributed by atoms with van der Waals surface area (Å²) >= 11 is 0. The second-order valence-electron chi connectivity index (χ2n) is 9.24. The fraction of sp³-hybridized carbons (Fsp3) is 0.250. The van der Waals surface area contributed by atoms with Crippen molar-refractivity contribution in [1.29, 1.82) is 0 Å². The predicted molar refractivity (Wildman–Crippen MR) is 143 cm³/mol. The van der Waals surface area contributed by atoms with Gasteiger partial charge in [0, 0.05) is 24.5 Å². The molecule has 0 aliphatic carbocycles. The Hall–Kier alpha value is -4.94. The highest BCUT2D eigenvalue weighted by molar-refractivity contribution is 5.71. The summed E-state index contributed by atoms with van der Waals surface area (Å²) in [7, 11) is 1.22. The van der Waals surface area contributed by atoms with E-state index in [0.29, 0.717) is 17.6 Å². The van der Waals surface area contributed by atoms with Crippen LogP contribution in [0.4, 0.5) is 24.8 Å². The molecule has 0 aliphatic rings. The first kappa shape index (κ1) is 29.1. The third kappa shape index (κ3) is 7.18. The molecule has 4 rings (SSSR count). The van der Waals surface area contributed by atoms with Gasteiger partial charge in [-0.3, -0.25) is 9.36 Å². The topological polar surface area (TPSA) is 117 Å². The van der Waals surface area contributed by atoms with Crippen LogP contribution in [0.1, 0.15) is 23.6 Å². The lowest BCUT2D eigenvalue weighted by molar-refractivity contribution is -0.145. The van der Waals surface area contributed by atoms with Gasteiger partial charge in [-0.2, -0.15) is 18.2 Å². The standard InChI is InChI=1S/C28H26F3N5O5/c1-17-4-6-19(7-5-17)16-35-25(34-26(38)36(27(35)39)15-18(2)24(37)40-3)33-21-9-11-22(12-10-21)41-23-13-8-20(14-32-23)28(29,30)31/h4-14,18H,15-16H2,1-3H3,(H,33,34,38)/t18-/m0/s1. The minimum absolute atomic E-state index is 0.0272. The number of ether oxygens (including phenoxy) is 2. The first-order chi connectivity index (χ1) is 19.4. The normalized spacial score (nSPS) is 12.0. The van der Waals surface area contributed by atoms with Crippen LogP contribution in [-0.2, 0) is 28.8 Å². The van der Waals surface area contributed by atoms with Crippen molar-refractivity contribution in [3.05, 3.63) is 105 Å². The van der Waals surface area contributed by atoms with Gasteiger partial charge >= 0.3 is 23.5 Å². The molecule has 2 aromatic carbocycles. The van der Waals surface area contributed by atoms with Gasteiger partial charge in [0.1, 0.15) is 5.75 Å². The van der Waals surface area contributed by atoms with Gasteiger partial charge in [-0.15, -0.1) is 0 Å². The first-order valence-corrected chi connectivity index (χ1v) is 12.4. The average molecular weight is 570 g/mol. The van der Waals surface area contributed by atoms with E-state index in [-0.39, 0.29) is 24.9 Å². The van der Waals surface area contributed by atoms with Gasteiger partial charge in [0.25, 0.3) is 0 Å². The number of nitrogens with zero attached hydrogens (tertiary/aromatic N) is 4. The first-order valence-electron chi connectivity index (χ1n) is 12.4. The number of methoxy groups -OCH3 is 1. The maximum atomic E-state index is 13.5. The van der Waals surface area contributed by atoms with Crippen LogP contribution in [0.15, 0.2) is 76.4 Å². The number of alkyl halides is 3. The van der Waals surface area contributed by atoms with Crippen LogP contribution in [0, 0.1) is 12.8 Å². The van der Waals surface area contributed by atoms with Crippen LogP contribution < -0.4 is 21.4 Å². The lowest BCUT2D eigenvalue weighted by Crippen LogP contribution is -2.44. The molecular weight excluding hydrogens is 543 g/mol. The number of hydrogen-bond donors (Lipinski definition) is 1. The Labute approximate surface area is 232 Å². The van der Waals surface area contributed by atoms with E-state index in [2.05, 4.69) is 15.3 Å². The number of carbonyl (C=O) groups is 1. The Morgan fingerprint density at radius 2 is 1.68 bits per heavy atom. The molecule has 214 valence electrons. The molecule has 41 heavy (non-hydrogen) atoms. The smallest absolute Gasteiger partial charge is 0.417 e. The minimum atomic E-state index is -4.51. The quantitative estimate of drug-likeness (QED) is 0.293. The van der Waals surface area contributed by atoms with Crippen molar-refractivity contribution in [1.82, 2.24) is 19.1 Å². The number of benzene rings is 2. The van der Waals surface area contributed by atoms with Crippen LogP contribution in [0.25, 0.3) is 0 Å². The number of aryl methyl sites for hydroxylation is 1. The molecule has 2 aromatic heterocycles. The summed E-state index contributed by atoms with van der Waals surface area (Å²) in [6.45, 7) is 3.34. The van der Waals surface area contributed by atoms with E-state index >= 15 is 0 Å². The molecule has 1 N–H and O–H groups in total. The van der Waals surface area contributed by atoms with Crippen LogP contribution in [0.5, 0.6) is 11.6 Å². The van der Waals surface area contributed by atoms with Crippen molar-refractivity contribution < 1.29 is 27.4 Å². The Balaban J connectivity index is 1.61. The Bertz CT molecular complexity index is 1630. The third-order valence-corrected chi connectivity index (χ3v) is 6.07.